The van der Waals surface area contributed by atoms with E-state index in [9.17, 15) is 4.79 Å². The van der Waals surface area contributed by atoms with E-state index in [1.807, 2.05) is 26.0 Å². The average molecular weight is 203 g/mol. The number of aromatic nitrogens is 2. The van der Waals surface area contributed by atoms with Gasteiger partial charge in [0.05, 0.1) is 5.69 Å². The summed E-state index contributed by atoms with van der Waals surface area (Å²) in [6, 6.07) is 7.17. The minimum Gasteiger partial charge on any atom is -0.399 e. The van der Waals surface area contributed by atoms with Crippen molar-refractivity contribution in [2.24, 2.45) is 0 Å². The van der Waals surface area contributed by atoms with E-state index in [1.165, 1.54) is 4.68 Å². The Balaban J connectivity index is 2.59. The second-order valence-electron chi connectivity index (χ2n) is 3.59. The molecule has 0 spiro atoms. The Morgan fingerprint density at radius 3 is 2.27 bits per heavy atom. The van der Waals surface area contributed by atoms with Crippen LogP contribution in [0.2, 0.25) is 0 Å². The summed E-state index contributed by atoms with van der Waals surface area (Å²) < 4.78 is 1.52. The molecule has 2 rings (SSSR count). The monoisotopic (exact) mass is 203 g/mol. The SMILES string of the molecule is Cc1[nH]n(-c2ccc(N)cc2)c(=O)c1C. The summed E-state index contributed by atoms with van der Waals surface area (Å²) in [6.07, 6.45) is 0. The largest absolute Gasteiger partial charge is 0.399 e. The Hall–Kier alpha value is -1.97. The van der Waals surface area contributed by atoms with Crippen LogP contribution >= 0.6 is 0 Å². The molecule has 0 radical (unpaired) electrons. The number of hydrogen-bond acceptors (Lipinski definition) is 2. The van der Waals surface area contributed by atoms with Gasteiger partial charge in [-0.3, -0.25) is 9.89 Å². The number of benzene rings is 1. The highest BCUT2D eigenvalue weighted by atomic mass is 16.1. The zero-order chi connectivity index (χ0) is 11.0. The fourth-order valence-corrected chi connectivity index (χ4v) is 1.44. The summed E-state index contributed by atoms with van der Waals surface area (Å²) in [4.78, 5) is 11.8. The minimum absolute atomic E-state index is 0.0164. The molecule has 15 heavy (non-hydrogen) atoms. The van der Waals surface area contributed by atoms with Crippen LogP contribution in [-0.2, 0) is 0 Å². The predicted octanol–water partition coefficient (Wildman–Crippen LogP) is 1.36. The molecule has 1 aromatic heterocycles. The minimum atomic E-state index is -0.0164. The third-order valence-corrected chi connectivity index (χ3v) is 2.52. The number of nitrogen functional groups attached to an aromatic ring is 1. The molecule has 0 amide bonds. The molecular formula is C11H13N3O. The van der Waals surface area contributed by atoms with Crippen LogP contribution in [-0.4, -0.2) is 9.78 Å². The number of aromatic amines is 1. The van der Waals surface area contributed by atoms with Gasteiger partial charge in [0.1, 0.15) is 0 Å². The molecule has 0 aliphatic heterocycles. The molecule has 3 N–H and O–H groups in total. The van der Waals surface area contributed by atoms with E-state index in [1.54, 1.807) is 12.1 Å². The van der Waals surface area contributed by atoms with Crippen molar-refractivity contribution in [3.8, 4) is 5.69 Å². The van der Waals surface area contributed by atoms with Crippen LogP contribution in [0.1, 0.15) is 11.3 Å². The maximum absolute atomic E-state index is 11.8. The number of aryl methyl sites for hydroxylation is 1. The van der Waals surface area contributed by atoms with Gasteiger partial charge in [-0.2, -0.15) is 0 Å². The predicted molar refractivity (Wildman–Crippen MR) is 60.3 cm³/mol. The third-order valence-electron chi connectivity index (χ3n) is 2.52. The van der Waals surface area contributed by atoms with E-state index < -0.39 is 0 Å². The Morgan fingerprint density at radius 2 is 1.80 bits per heavy atom. The van der Waals surface area contributed by atoms with Gasteiger partial charge in [0.25, 0.3) is 5.56 Å². The molecule has 0 unspecified atom stereocenters. The van der Waals surface area contributed by atoms with Crippen molar-refractivity contribution in [3.63, 3.8) is 0 Å². The van der Waals surface area contributed by atoms with Gasteiger partial charge in [-0.05, 0) is 38.1 Å². The fourth-order valence-electron chi connectivity index (χ4n) is 1.44. The molecule has 0 aliphatic rings. The van der Waals surface area contributed by atoms with Crippen LogP contribution in [0.15, 0.2) is 29.1 Å². The number of H-pyrrole nitrogens is 1. The lowest BCUT2D eigenvalue weighted by atomic mass is 10.3. The van der Waals surface area contributed by atoms with Crippen LogP contribution in [0.3, 0.4) is 0 Å². The second-order valence-corrected chi connectivity index (χ2v) is 3.59. The van der Waals surface area contributed by atoms with E-state index in [0.717, 1.165) is 16.9 Å². The second kappa shape index (κ2) is 3.31. The highest BCUT2D eigenvalue weighted by Crippen LogP contribution is 2.09. The molecule has 78 valence electrons. The fraction of sp³-hybridized carbons (Fsp3) is 0.182. The Kier molecular flexibility index (Phi) is 2.11. The quantitative estimate of drug-likeness (QED) is 0.687. The van der Waals surface area contributed by atoms with Gasteiger partial charge >= 0.3 is 0 Å². The van der Waals surface area contributed by atoms with E-state index in [0.29, 0.717) is 5.69 Å². The van der Waals surface area contributed by atoms with Gasteiger partial charge < -0.3 is 5.73 Å². The van der Waals surface area contributed by atoms with Crippen molar-refractivity contribution in [2.45, 2.75) is 13.8 Å². The molecule has 4 nitrogen and oxygen atoms in total. The molecular weight excluding hydrogens is 190 g/mol. The molecule has 0 fully saturated rings. The Bertz CT molecular complexity index is 534. The molecule has 0 saturated carbocycles. The van der Waals surface area contributed by atoms with Crippen molar-refractivity contribution >= 4 is 5.69 Å². The van der Waals surface area contributed by atoms with Gasteiger partial charge in [-0.1, -0.05) is 0 Å². The molecule has 4 heteroatoms. The van der Waals surface area contributed by atoms with Crippen LogP contribution in [0.5, 0.6) is 0 Å². The summed E-state index contributed by atoms with van der Waals surface area (Å²) in [7, 11) is 0. The number of nitrogens with one attached hydrogen (secondary N) is 1. The third kappa shape index (κ3) is 1.54. The molecule has 1 heterocycles. The number of rotatable bonds is 1. The van der Waals surface area contributed by atoms with Gasteiger partial charge in [0, 0.05) is 16.9 Å². The first-order chi connectivity index (χ1) is 7.09. The van der Waals surface area contributed by atoms with Crippen molar-refractivity contribution < 1.29 is 0 Å². The number of anilines is 1. The molecule has 0 aliphatic carbocycles. The smallest absolute Gasteiger partial charge is 0.274 e. The first kappa shape index (κ1) is 9.58. The van der Waals surface area contributed by atoms with Crippen LogP contribution in [0, 0.1) is 13.8 Å². The molecule has 0 saturated heterocycles. The molecule has 2 aromatic rings. The number of nitrogens with two attached hydrogens (primary N) is 1. The maximum Gasteiger partial charge on any atom is 0.274 e. The lowest BCUT2D eigenvalue weighted by Gasteiger charge is -2.01. The van der Waals surface area contributed by atoms with Gasteiger partial charge in [-0.15, -0.1) is 0 Å². The standard InChI is InChI=1S/C11H13N3O/c1-7-8(2)13-14(11(7)15)10-5-3-9(12)4-6-10/h3-6,13H,12H2,1-2H3. The van der Waals surface area contributed by atoms with E-state index in [4.69, 9.17) is 5.73 Å². The summed E-state index contributed by atoms with van der Waals surface area (Å²) in [6.45, 7) is 3.69. The van der Waals surface area contributed by atoms with Crippen LogP contribution < -0.4 is 11.3 Å². The lowest BCUT2D eigenvalue weighted by molar-refractivity contribution is 0.835. The van der Waals surface area contributed by atoms with E-state index in [-0.39, 0.29) is 5.56 Å². The summed E-state index contributed by atoms with van der Waals surface area (Å²) in [5, 5.41) is 3.01. The summed E-state index contributed by atoms with van der Waals surface area (Å²) >= 11 is 0. The highest BCUT2D eigenvalue weighted by Gasteiger charge is 2.07. The van der Waals surface area contributed by atoms with Gasteiger partial charge in [0.2, 0.25) is 0 Å². The maximum atomic E-state index is 11.8. The van der Waals surface area contributed by atoms with Crippen LogP contribution in [0.4, 0.5) is 5.69 Å². The number of nitrogens with zero attached hydrogens (tertiary/aromatic N) is 1. The number of hydrogen-bond donors (Lipinski definition) is 2. The normalized spacial score (nSPS) is 10.5. The highest BCUT2D eigenvalue weighted by molar-refractivity contribution is 5.44. The first-order valence-corrected chi connectivity index (χ1v) is 4.73. The first-order valence-electron chi connectivity index (χ1n) is 4.73. The zero-order valence-corrected chi connectivity index (χ0v) is 8.74. The Morgan fingerprint density at radius 1 is 1.20 bits per heavy atom. The van der Waals surface area contributed by atoms with Gasteiger partial charge in [0.15, 0.2) is 0 Å². The van der Waals surface area contributed by atoms with Crippen molar-refractivity contribution in [1.29, 1.82) is 0 Å². The van der Waals surface area contributed by atoms with Crippen molar-refractivity contribution in [3.05, 3.63) is 45.9 Å². The molecule has 0 bridgehead atoms. The van der Waals surface area contributed by atoms with Crippen molar-refractivity contribution in [2.75, 3.05) is 5.73 Å². The van der Waals surface area contributed by atoms with E-state index in [2.05, 4.69) is 5.10 Å². The van der Waals surface area contributed by atoms with Gasteiger partial charge in [-0.25, -0.2) is 4.68 Å². The lowest BCUT2D eigenvalue weighted by Crippen LogP contribution is -2.15. The Labute approximate surface area is 87.3 Å². The van der Waals surface area contributed by atoms with Crippen molar-refractivity contribution in [1.82, 2.24) is 9.78 Å². The molecule has 1 aromatic carbocycles. The summed E-state index contributed by atoms with van der Waals surface area (Å²) in [5.41, 5.74) is 8.68. The van der Waals surface area contributed by atoms with Crippen LogP contribution in [0.25, 0.3) is 5.69 Å². The topological polar surface area (TPSA) is 63.8 Å². The van der Waals surface area contributed by atoms with E-state index >= 15 is 0 Å². The average Bonchev–Trinajstić information content (AvgIpc) is 2.47. The molecule has 0 atom stereocenters. The zero-order valence-electron chi connectivity index (χ0n) is 8.74. The summed E-state index contributed by atoms with van der Waals surface area (Å²) in [5.74, 6) is 0.